The van der Waals surface area contributed by atoms with E-state index in [9.17, 15) is 14.7 Å². The van der Waals surface area contributed by atoms with Crippen LogP contribution in [0.25, 0.3) is 6.08 Å². The van der Waals surface area contributed by atoms with Crippen LogP contribution in [0.5, 0.6) is 17.2 Å². The molecule has 1 aliphatic rings. The van der Waals surface area contributed by atoms with Crippen LogP contribution in [0.1, 0.15) is 51.8 Å². The Labute approximate surface area is 218 Å². The zero-order chi connectivity index (χ0) is 26.7. The van der Waals surface area contributed by atoms with Gasteiger partial charge in [0.15, 0.2) is 16.3 Å². The highest BCUT2D eigenvalue weighted by Gasteiger charge is 2.33. The number of phenolic OH excluding ortho intramolecular Hbond substituents is 1. The molecule has 4 rings (SSSR count). The second-order valence-electron chi connectivity index (χ2n) is 8.70. The number of ether oxygens (including phenoxy) is 3. The molecule has 1 aliphatic heterocycles. The first-order valence-electron chi connectivity index (χ1n) is 12.2. The fourth-order valence-corrected chi connectivity index (χ4v) is 5.18. The van der Waals surface area contributed by atoms with E-state index in [4.69, 9.17) is 14.2 Å². The summed E-state index contributed by atoms with van der Waals surface area (Å²) in [6.45, 7) is 9.98. The summed E-state index contributed by atoms with van der Waals surface area (Å²) < 4.78 is 18.6. The van der Waals surface area contributed by atoms with Crippen molar-refractivity contribution in [3.8, 4) is 17.2 Å². The van der Waals surface area contributed by atoms with E-state index in [1.807, 2.05) is 38.1 Å². The third-order valence-electron chi connectivity index (χ3n) is 5.67. The summed E-state index contributed by atoms with van der Waals surface area (Å²) in [6.07, 6.45) is 1.40. The van der Waals surface area contributed by atoms with Gasteiger partial charge >= 0.3 is 5.97 Å². The Bertz CT molecular complexity index is 1520. The molecule has 0 radical (unpaired) electrons. The van der Waals surface area contributed by atoms with Gasteiger partial charge in [-0.25, -0.2) is 9.79 Å². The average molecular weight is 523 g/mol. The molecule has 0 bridgehead atoms. The molecule has 0 amide bonds. The van der Waals surface area contributed by atoms with Crippen LogP contribution in [0, 0.1) is 0 Å². The predicted molar refractivity (Wildman–Crippen MR) is 142 cm³/mol. The highest BCUT2D eigenvalue weighted by atomic mass is 32.1. The van der Waals surface area contributed by atoms with Gasteiger partial charge in [0, 0.05) is 0 Å². The van der Waals surface area contributed by atoms with Gasteiger partial charge in [0.05, 0.1) is 41.2 Å². The second-order valence-corrected chi connectivity index (χ2v) is 9.71. The number of rotatable bonds is 8. The lowest BCUT2D eigenvalue weighted by atomic mass is 9.96. The molecular weight excluding hydrogens is 492 g/mol. The molecule has 2 aromatic carbocycles. The number of nitrogens with zero attached hydrogens (tertiary/aromatic N) is 2. The third kappa shape index (κ3) is 5.46. The minimum atomic E-state index is -0.709. The molecule has 0 aliphatic carbocycles. The first-order valence-corrected chi connectivity index (χ1v) is 13.0. The van der Waals surface area contributed by atoms with Gasteiger partial charge in [-0.15, -0.1) is 0 Å². The number of aromatic nitrogens is 1. The lowest BCUT2D eigenvalue weighted by Crippen LogP contribution is -2.40. The van der Waals surface area contributed by atoms with Crippen molar-refractivity contribution in [1.82, 2.24) is 4.57 Å². The van der Waals surface area contributed by atoms with E-state index in [0.29, 0.717) is 50.9 Å². The molecule has 3 aromatic rings. The van der Waals surface area contributed by atoms with Gasteiger partial charge in [-0.1, -0.05) is 29.5 Å². The number of thiazole rings is 1. The maximum atomic E-state index is 13.7. The van der Waals surface area contributed by atoms with Crippen molar-refractivity contribution in [2.24, 2.45) is 4.99 Å². The van der Waals surface area contributed by atoms with E-state index in [1.165, 1.54) is 17.4 Å². The maximum Gasteiger partial charge on any atom is 0.338 e. The van der Waals surface area contributed by atoms with Crippen molar-refractivity contribution in [3.05, 3.63) is 84.5 Å². The highest BCUT2D eigenvalue weighted by molar-refractivity contribution is 7.07. The standard InChI is InChI=1S/C28H30N2O6S/c1-6-34-20-11-9-19(10-12-20)25-24(27(33)36-16(3)4)17(5)29-28-30(25)26(32)23(37-28)15-18-8-13-21(31)22(14-18)35-7-2/h8-16,25,31H,6-7H2,1-5H3/b23-15-. The Kier molecular flexibility index (Phi) is 7.83. The molecule has 2 heterocycles. The van der Waals surface area contributed by atoms with Crippen molar-refractivity contribution >= 4 is 23.4 Å². The molecule has 1 aromatic heterocycles. The van der Waals surface area contributed by atoms with Crippen molar-refractivity contribution in [2.45, 2.75) is 46.8 Å². The van der Waals surface area contributed by atoms with E-state index in [-0.39, 0.29) is 17.4 Å². The fourth-order valence-electron chi connectivity index (χ4n) is 4.13. The minimum Gasteiger partial charge on any atom is -0.504 e. The van der Waals surface area contributed by atoms with Gasteiger partial charge in [0.1, 0.15) is 5.75 Å². The Morgan fingerprint density at radius 2 is 1.84 bits per heavy atom. The van der Waals surface area contributed by atoms with Crippen LogP contribution in [-0.4, -0.2) is 35.0 Å². The van der Waals surface area contributed by atoms with E-state index in [1.54, 1.807) is 43.5 Å². The molecule has 194 valence electrons. The van der Waals surface area contributed by atoms with E-state index < -0.39 is 12.0 Å². The molecule has 0 saturated carbocycles. The molecule has 0 saturated heterocycles. The lowest BCUT2D eigenvalue weighted by molar-refractivity contribution is -0.143. The molecule has 9 heteroatoms. The van der Waals surface area contributed by atoms with Crippen molar-refractivity contribution in [1.29, 1.82) is 0 Å². The third-order valence-corrected chi connectivity index (χ3v) is 6.66. The summed E-state index contributed by atoms with van der Waals surface area (Å²) in [5.74, 6) is 0.554. The second kappa shape index (κ2) is 11.0. The molecule has 0 spiro atoms. The monoisotopic (exact) mass is 522 g/mol. The summed E-state index contributed by atoms with van der Waals surface area (Å²) >= 11 is 1.24. The molecule has 1 atom stereocenters. The Hall–Kier alpha value is -3.85. The summed E-state index contributed by atoms with van der Waals surface area (Å²) in [5.41, 5.74) is 1.97. The largest absolute Gasteiger partial charge is 0.504 e. The molecule has 8 nitrogen and oxygen atoms in total. The SMILES string of the molecule is CCOc1ccc(C2C(C(=O)OC(C)C)=C(C)N=c3s/c(=C\c4ccc(O)c(OCC)c4)c(=O)n32)cc1. The number of carbonyl (C=O) groups is 1. The van der Waals surface area contributed by atoms with Crippen LogP contribution < -0.4 is 24.4 Å². The Morgan fingerprint density at radius 3 is 2.49 bits per heavy atom. The van der Waals surface area contributed by atoms with Crippen LogP contribution in [-0.2, 0) is 9.53 Å². The average Bonchev–Trinajstić information content (AvgIpc) is 3.15. The fraction of sp³-hybridized carbons (Fsp3) is 0.321. The quantitative estimate of drug-likeness (QED) is 0.453. The first-order chi connectivity index (χ1) is 17.7. The van der Waals surface area contributed by atoms with Crippen LogP contribution in [0.3, 0.4) is 0 Å². The van der Waals surface area contributed by atoms with E-state index >= 15 is 0 Å². The normalized spacial score (nSPS) is 15.4. The zero-order valence-corrected chi connectivity index (χ0v) is 22.3. The van der Waals surface area contributed by atoms with Gasteiger partial charge in [0.2, 0.25) is 0 Å². The number of esters is 1. The van der Waals surface area contributed by atoms with Gasteiger partial charge in [-0.05, 0) is 76.1 Å². The minimum absolute atomic E-state index is 0.0277. The predicted octanol–water partition coefficient (Wildman–Crippen LogP) is 3.69. The summed E-state index contributed by atoms with van der Waals surface area (Å²) in [7, 11) is 0. The smallest absolute Gasteiger partial charge is 0.338 e. The highest BCUT2D eigenvalue weighted by Crippen LogP contribution is 2.32. The van der Waals surface area contributed by atoms with Crippen LogP contribution >= 0.6 is 11.3 Å². The number of fused-ring (bicyclic) bond motifs is 1. The number of carbonyl (C=O) groups excluding carboxylic acids is 1. The van der Waals surface area contributed by atoms with Crippen LogP contribution in [0.4, 0.5) is 0 Å². The molecule has 0 fully saturated rings. The molecular formula is C28H30N2O6S. The van der Waals surface area contributed by atoms with Gasteiger partial charge < -0.3 is 19.3 Å². The first kappa shape index (κ1) is 26.2. The molecule has 1 unspecified atom stereocenters. The van der Waals surface area contributed by atoms with Gasteiger partial charge in [0.25, 0.3) is 5.56 Å². The van der Waals surface area contributed by atoms with Crippen molar-refractivity contribution in [3.63, 3.8) is 0 Å². The number of hydrogen-bond donors (Lipinski definition) is 1. The summed E-state index contributed by atoms with van der Waals surface area (Å²) in [4.78, 5) is 32.0. The van der Waals surface area contributed by atoms with Crippen LogP contribution in [0.15, 0.2) is 63.5 Å². The number of allylic oxidation sites excluding steroid dienone is 1. The zero-order valence-electron chi connectivity index (χ0n) is 21.5. The molecule has 37 heavy (non-hydrogen) atoms. The Morgan fingerprint density at radius 1 is 1.14 bits per heavy atom. The topological polar surface area (TPSA) is 99.4 Å². The van der Waals surface area contributed by atoms with E-state index in [0.717, 1.165) is 5.56 Å². The number of phenols is 1. The Balaban J connectivity index is 1.89. The van der Waals surface area contributed by atoms with Crippen molar-refractivity contribution < 1.29 is 24.1 Å². The summed E-state index contributed by atoms with van der Waals surface area (Å²) in [6, 6.07) is 11.5. The van der Waals surface area contributed by atoms with Gasteiger partial charge in [-0.3, -0.25) is 9.36 Å². The summed E-state index contributed by atoms with van der Waals surface area (Å²) in [5, 5.41) is 10.0. The number of aromatic hydroxyl groups is 1. The number of benzene rings is 2. The molecule has 1 N–H and O–H groups in total. The lowest BCUT2D eigenvalue weighted by Gasteiger charge is -2.25. The van der Waals surface area contributed by atoms with Crippen molar-refractivity contribution in [2.75, 3.05) is 13.2 Å². The number of hydrogen-bond acceptors (Lipinski definition) is 8. The van der Waals surface area contributed by atoms with Crippen LogP contribution in [0.2, 0.25) is 0 Å². The van der Waals surface area contributed by atoms with E-state index in [2.05, 4.69) is 4.99 Å². The van der Waals surface area contributed by atoms with Gasteiger partial charge in [-0.2, -0.15) is 0 Å². The maximum absolute atomic E-state index is 13.7.